The normalized spacial score (nSPS) is 14.1. The average Bonchev–Trinajstić information content (AvgIpc) is 3.02. The molecule has 1 aromatic rings. The number of aliphatic carboxylic acids is 1. The van der Waals surface area contributed by atoms with Crippen molar-refractivity contribution in [2.24, 2.45) is 39.9 Å². The highest BCUT2D eigenvalue weighted by atomic mass is 16.4. The predicted molar refractivity (Wildman–Crippen MR) is 187 cm³/mol. The Balaban J connectivity index is 3.07. The molecule has 1 aromatic carbocycles. The van der Waals surface area contributed by atoms with E-state index < -0.39 is 72.3 Å². The van der Waals surface area contributed by atoms with Crippen LogP contribution in [0.25, 0.3) is 0 Å². The van der Waals surface area contributed by atoms with Crippen molar-refractivity contribution in [3.05, 3.63) is 29.8 Å². The van der Waals surface area contributed by atoms with Crippen molar-refractivity contribution in [1.82, 2.24) is 26.6 Å². The Hall–Kier alpha value is -4.93. The first kappa shape index (κ1) is 43.1. The molecule has 0 heterocycles. The fourth-order valence-electron chi connectivity index (χ4n) is 4.70. The number of carboxylic acids is 1. The number of nitrogens with two attached hydrogens (primary N) is 3. The van der Waals surface area contributed by atoms with E-state index in [1.54, 1.807) is 39.8 Å². The van der Waals surface area contributed by atoms with Crippen molar-refractivity contribution in [1.29, 1.82) is 0 Å². The third-order valence-electron chi connectivity index (χ3n) is 7.62. The second-order valence-electron chi connectivity index (χ2n) is 13.2. The summed E-state index contributed by atoms with van der Waals surface area (Å²) in [5.41, 5.74) is 17.1. The Morgan fingerprint density at radius 1 is 0.760 bits per heavy atom. The molecular formula is C33H55N9O8. The number of hydrogen-bond acceptors (Lipinski definition) is 9. The monoisotopic (exact) mass is 705 g/mol. The number of phenolic OH excluding ortho intramolecular Hbond substituents is 1. The molecular weight excluding hydrogens is 650 g/mol. The molecule has 13 N–H and O–H groups in total. The summed E-state index contributed by atoms with van der Waals surface area (Å²) in [6.45, 7) is 10.2. The molecule has 0 saturated carbocycles. The lowest BCUT2D eigenvalue weighted by Gasteiger charge is -2.27. The number of carboxylic acid groups (broad SMARTS) is 1. The first-order valence-electron chi connectivity index (χ1n) is 16.6. The SMILES string of the molecule is CC(C)C[C@H](NC(=O)CNC(=O)[C@H](Cc1ccc(O)cc1)NC(=O)[C@@H](NC(=O)[C@@H](N)C(C)C)C(C)C)C(=O)N[C@@H](CCCN=C(N)N)C(=O)O. The summed E-state index contributed by atoms with van der Waals surface area (Å²) in [7, 11) is 0. The quantitative estimate of drug-likeness (QED) is 0.0412. The van der Waals surface area contributed by atoms with Gasteiger partial charge in [0.25, 0.3) is 0 Å². The van der Waals surface area contributed by atoms with Gasteiger partial charge in [0.05, 0.1) is 12.6 Å². The lowest BCUT2D eigenvalue weighted by Crippen LogP contribution is -2.59. The molecule has 0 aliphatic rings. The van der Waals surface area contributed by atoms with Gasteiger partial charge < -0.3 is 54.0 Å². The van der Waals surface area contributed by atoms with Crippen LogP contribution in [0.3, 0.4) is 0 Å². The molecule has 0 unspecified atom stereocenters. The van der Waals surface area contributed by atoms with Crippen LogP contribution in [0.15, 0.2) is 29.3 Å². The number of phenols is 1. The molecule has 17 heteroatoms. The van der Waals surface area contributed by atoms with Crippen molar-refractivity contribution in [2.75, 3.05) is 13.1 Å². The van der Waals surface area contributed by atoms with Gasteiger partial charge in [0.15, 0.2) is 5.96 Å². The van der Waals surface area contributed by atoms with Crippen LogP contribution in [0.5, 0.6) is 5.75 Å². The minimum Gasteiger partial charge on any atom is -0.508 e. The highest BCUT2D eigenvalue weighted by Crippen LogP contribution is 2.13. The number of aliphatic imine (C=N–C) groups is 1. The Labute approximate surface area is 293 Å². The second kappa shape index (κ2) is 21.2. The van der Waals surface area contributed by atoms with Crippen LogP contribution in [0.2, 0.25) is 0 Å². The van der Waals surface area contributed by atoms with Crippen molar-refractivity contribution >= 4 is 41.5 Å². The summed E-state index contributed by atoms with van der Waals surface area (Å²) in [6, 6.07) is 0.518. The Bertz CT molecular complexity index is 1330. The summed E-state index contributed by atoms with van der Waals surface area (Å²) >= 11 is 0. The fraction of sp³-hybridized carbons (Fsp3) is 0.606. The van der Waals surface area contributed by atoms with Crippen LogP contribution >= 0.6 is 0 Å². The van der Waals surface area contributed by atoms with Gasteiger partial charge in [-0.25, -0.2) is 4.79 Å². The van der Waals surface area contributed by atoms with E-state index in [1.807, 2.05) is 13.8 Å². The van der Waals surface area contributed by atoms with Gasteiger partial charge in [-0.2, -0.15) is 0 Å². The van der Waals surface area contributed by atoms with Crippen LogP contribution in [-0.4, -0.2) is 95.0 Å². The minimum atomic E-state index is -1.27. The van der Waals surface area contributed by atoms with Crippen molar-refractivity contribution in [3.8, 4) is 5.75 Å². The van der Waals surface area contributed by atoms with Crippen LogP contribution in [0.1, 0.15) is 66.4 Å². The second-order valence-corrected chi connectivity index (χ2v) is 13.2. The van der Waals surface area contributed by atoms with Gasteiger partial charge in [0, 0.05) is 13.0 Å². The van der Waals surface area contributed by atoms with Crippen LogP contribution < -0.4 is 43.8 Å². The van der Waals surface area contributed by atoms with Gasteiger partial charge in [-0.05, 0) is 54.7 Å². The van der Waals surface area contributed by atoms with E-state index in [4.69, 9.17) is 17.2 Å². The van der Waals surface area contributed by atoms with E-state index in [9.17, 15) is 39.0 Å². The molecule has 0 aliphatic heterocycles. The average molecular weight is 706 g/mol. The van der Waals surface area contributed by atoms with Gasteiger partial charge in [0.1, 0.15) is 29.9 Å². The van der Waals surface area contributed by atoms with Crippen molar-refractivity contribution in [2.45, 2.75) is 97.4 Å². The first-order valence-corrected chi connectivity index (χ1v) is 16.6. The molecule has 280 valence electrons. The van der Waals surface area contributed by atoms with Gasteiger partial charge in [0.2, 0.25) is 29.5 Å². The van der Waals surface area contributed by atoms with E-state index >= 15 is 0 Å². The molecule has 17 nitrogen and oxygen atoms in total. The zero-order valence-electron chi connectivity index (χ0n) is 29.7. The number of rotatable bonds is 21. The van der Waals surface area contributed by atoms with Crippen LogP contribution in [0, 0.1) is 17.8 Å². The summed E-state index contributed by atoms with van der Waals surface area (Å²) in [6.07, 6.45) is 0.465. The minimum absolute atomic E-state index is 0.000131. The summed E-state index contributed by atoms with van der Waals surface area (Å²) in [5.74, 6) is -5.38. The molecule has 1 rings (SSSR count). The van der Waals surface area contributed by atoms with Crippen molar-refractivity contribution < 1.29 is 39.0 Å². The van der Waals surface area contributed by atoms with Crippen LogP contribution in [0.4, 0.5) is 0 Å². The standard InChI is InChI=1S/C33H55N9O8/c1-17(2)14-23(29(46)40-22(32(49)50)8-7-13-37-33(35)36)39-25(44)16-38-28(45)24(15-20-9-11-21(43)12-10-20)41-31(48)27(19(5)6)42-30(47)26(34)18(3)4/h9-12,17-19,22-24,26-27,43H,7-8,13-16,34H2,1-6H3,(H,38,45)(H,39,44)(H,40,46)(H,41,48)(H,42,47)(H,49,50)(H4,35,36,37)/t22-,23-,24-,26-,27-/m0/s1. The number of nitrogens with zero attached hydrogens (tertiary/aromatic N) is 1. The van der Waals surface area contributed by atoms with E-state index in [-0.39, 0.29) is 61.7 Å². The number of guanidine groups is 1. The molecule has 0 bridgehead atoms. The third kappa shape index (κ3) is 16.0. The number of benzene rings is 1. The third-order valence-corrected chi connectivity index (χ3v) is 7.62. The number of nitrogens with one attached hydrogen (secondary N) is 5. The molecule has 5 atom stereocenters. The van der Waals surface area contributed by atoms with E-state index in [2.05, 4.69) is 31.6 Å². The topological polar surface area (TPSA) is 293 Å². The Morgan fingerprint density at radius 3 is 1.88 bits per heavy atom. The molecule has 5 amide bonds. The van der Waals surface area contributed by atoms with E-state index in [1.165, 1.54) is 12.1 Å². The summed E-state index contributed by atoms with van der Waals surface area (Å²) in [5, 5.41) is 32.1. The summed E-state index contributed by atoms with van der Waals surface area (Å²) in [4.78, 5) is 81.2. The maximum absolute atomic E-state index is 13.4. The maximum Gasteiger partial charge on any atom is 0.326 e. The lowest BCUT2D eigenvalue weighted by atomic mass is 9.99. The number of carbonyl (C=O) groups excluding carboxylic acids is 5. The number of carbonyl (C=O) groups is 6. The van der Waals surface area contributed by atoms with Gasteiger partial charge in [-0.1, -0.05) is 53.7 Å². The Kier molecular flexibility index (Phi) is 18.3. The fourth-order valence-corrected chi connectivity index (χ4v) is 4.70. The predicted octanol–water partition coefficient (Wildman–Crippen LogP) is -1.19. The van der Waals surface area contributed by atoms with Gasteiger partial charge in [-0.15, -0.1) is 0 Å². The zero-order chi connectivity index (χ0) is 38.1. The van der Waals surface area contributed by atoms with Gasteiger partial charge >= 0.3 is 5.97 Å². The maximum atomic E-state index is 13.4. The molecule has 50 heavy (non-hydrogen) atoms. The number of amides is 5. The molecule has 0 spiro atoms. The van der Waals surface area contributed by atoms with E-state index in [0.29, 0.717) is 5.56 Å². The largest absolute Gasteiger partial charge is 0.508 e. The molecule has 0 saturated heterocycles. The molecule has 0 radical (unpaired) electrons. The van der Waals surface area contributed by atoms with Gasteiger partial charge in [-0.3, -0.25) is 29.0 Å². The highest BCUT2D eigenvalue weighted by Gasteiger charge is 2.32. The van der Waals surface area contributed by atoms with Crippen LogP contribution in [-0.2, 0) is 35.2 Å². The molecule has 0 fully saturated rings. The zero-order valence-corrected chi connectivity index (χ0v) is 29.7. The smallest absolute Gasteiger partial charge is 0.326 e. The number of hydrogen-bond donors (Lipinski definition) is 10. The summed E-state index contributed by atoms with van der Waals surface area (Å²) < 4.78 is 0. The molecule has 0 aliphatic carbocycles. The molecule has 0 aromatic heterocycles. The highest BCUT2D eigenvalue weighted by molar-refractivity contribution is 5.95. The first-order chi connectivity index (χ1) is 23.3. The van der Waals surface area contributed by atoms with Crippen molar-refractivity contribution in [3.63, 3.8) is 0 Å². The lowest BCUT2D eigenvalue weighted by molar-refractivity contribution is -0.142. The number of aromatic hydroxyl groups is 1. The Morgan fingerprint density at radius 2 is 1.36 bits per heavy atom. The van der Waals surface area contributed by atoms with E-state index in [0.717, 1.165) is 0 Å².